The van der Waals surface area contributed by atoms with E-state index in [2.05, 4.69) is 0 Å². The van der Waals surface area contributed by atoms with Gasteiger partial charge in [0.25, 0.3) is 0 Å². The third-order valence-electron chi connectivity index (χ3n) is 2.15. The SMILES string of the molecule is Cc1cc(F)cc(C(O)CCC(F)(F)F)c1. The van der Waals surface area contributed by atoms with Crippen LogP contribution in [0.3, 0.4) is 0 Å². The van der Waals surface area contributed by atoms with Gasteiger partial charge >= 0.3 is 6.18 Å². The topological polar surface area (TPSA) is 20.2 Å². The van der Waals surface area contributed by atoms with Gasteiger partial charge in [0.05, 0.1) is 6.10 Å². The quantitative estimate of drug-likeness (QED) is 0.796. The molecule has 1 aromatic rings. The number of hydrogen-bond donors (Lipinski definition) is 1. The highest BCUT2D eigenvalue weighted by Gasteiger charge is 2.28. The summed E-state index contributed by atoms with van der Waals surface area (Å²) in [5.74, 6) is -0.555. The van der Waals surface area contributed by atoms with Crippen molar-refractivity contribution in [3.8, 4) is 0 Å². The van der Waals surface area contributed by atoms with Crippen molar-refractivity contribution in [1.29, 1.82) is 0 Å². The Kier molecular flexibility index (Phi) is 3.91. The van der Waals surface area contributed by atoms with E-state index < -0.39 is 30.9 Å². The first-order chi connectivity index (χ1) is 7.28. The lowest BCUT2D eigenvalue weighted by Crippen LogP contribution is -2.10. The van der Waals surface area contributed by atoms with Gasteiger partial charge in [-0.1, -0.05) is 6.07 Å². The Morgan fingerprint density at radius 1 is 1.25 bits per heavy atom. The monoisotopic (exact) mass is 236 g/mol. The number of rotatable bonds is 3. The van der Waals surface area contributed by atoms with Crippen molar-refractivity contribution < 1.29 is 22.7 Å². The van der Waals surface area contributed by atoms with Gasteiger partial charge in [-0.2, -0.15) is 13.2 Å². The second-order valence-corrected chi connectivity index (χ2v) is 3.73. The Hall–Kier alpha value is -1.10. The summed E-state index contributed by atoms with van der Waals surface area (Å²) < 4.78 is 48.6. The Morgan fingerprint density at radius 3 is 2.38 bits per heavy atom. The van der Waals surface area contributed by atoms with Gasteiger partial charge in [-0.3, -0.25) is 0 Å². The molecule has 0 heterocycles. The van der Waals surface area contributed by atoms with Crippen LogP contribution in [-0.4, -0.2) is 11.3 Å². The molecule has 1 atom stereocenters. The van der Waals surface area contributed by atoms with E-state index in [0.717, 1.165) is 6.07 Å². The molecule has 5 heteroatoms. The van der Waals surface area contributed by atoms with E-state index in [-0.39, 0.29) is 5.56 Å². The lowest BCUT2D eigenvalue weighted by atomic mass is 10.0. The van der Waals surface area contributed by atoms with Gasteiger partial charge in [-0.25, -0.2) is 4.39 Å². The summed E-state index contributed by atoms with van der Waals surface area (Å²) in [4.78, 5) is 0. The van der Waals surface area contributed by atoms with Crippen LogP contribution >= 0.6 is 0 Å². The van der Waals surface area contributed by atoms with Crippen LogP contribution in [0.4, 0.5) is 17.6 Å². The third-order valence-corrected chi connectivity index (χ3v) is 2.15. The molecule has 90 valence electrons. The predicted molar refractivity (Wildman–Crippen MR) is 51.4 cm³/mol. The first-order valence-corrected chi connectivity index (χ1v) is 4.80. The minimum atomic E-state index is -4.30. The summed E-state index contributed by atoms with van der Waals surface area (Å²) in [5, 5.41) is 9.47. The van der Waals surface area contributed by atoms with Crippen LogP contribution in [0.15, 0.2) is 18.2 Å². The molecule has 0 radical (unpaired) electrons. The standard InChI is InChI=1S/C11H12F4O/c1-7-4-8(6-9(12)5-7)10(16)2-3-11(13,14)15/h4-6,10,16H,2-3H2,1H3. The fraction of sp³-hybridized carbons (Fsp3) is 0.455. The van der Waals surface area contributed by atoms with Crippen molar-refractivity contribution >= 4 is 0 Å². The number of benzene rings is 1. The molecule has 1 rings (SSSR count). The lowest BCUT2D eigenvalue weighted by molar-refractivity contribution is -0.140. The third kappa shape index (κ3) is 4.18. The van der Waals surface area contributed by atoms with Crippen molar-refractivity contribution in [3.63, 3.8) is 0 Å². The Balaban J connectivity index is 2.69. The van der Waals surface area contributed by atoms with Crippen LogP contribution in [0.5, 0.6) is 0 Å². The lowest BCUT2D eigenvalue weighted by Gasteiger charge is -2.13. The van der Waals surface area contributed by atoms with Crippen LogP contribution in [0.1, 0.15) is 30.1 Å². The zero-order valence-corrected chi connectivity index (χ0v) is 8.68. The summed E-state index contributed by atoms with van der Waals surface area (Å²) in [5.41, 5.74) is 0.753. The number of halogens is 4. The first kappa shape index (κ1) is 13.0. The second kappa shape index (κ2) is 4.82. The molecule has 1 nitrogen and oxygen atoms in total. The van der Waals surface area contributed by atoms with Crippen LogP contribution in [0, 0.1) is 12.7 Å². The summed E-state index contributed by atoms with van der Waals surface area (Å²) >= 11 is 0. The predicted octanol–water partition coefficient (Wildman–Crippen LogP) is 3.51. The molecular formula is C11H12F4O. The highest BCUT2D eigenvalue weighted by atomic mass is 19.4. The highest BCUT2D eigenvalue weighted by Crippen LogP contribution is 2.28. The molecule has 1 unspecified atom stereocenters. The van der Waals surface area contributed by atoms with Crippen LogP contribution in [0.2, 0.25) is 0 Å². The van der Waals surface area contributed by atoms with Gasteiger partial charge in [0.2, 0.25) is 0 Å². The van der Waals surface area contributed by atoms with Gasteiger partial charge in [-0.15, -0.1) is 0 Å². The molecule has 16 heavy (non-hydrogen) atoms. The number of alkyl halides is 3. The molecule has 1 aromatic carbocycles. The maximum atomic E-state index is 12.9. The van der Waals surface area contributed by atoms with Gasteiger partial charge in [0.15, 0.2) is 0 Å². The molecule has 0 bridgehead atoms. The number of aliphatic hydroxyl groups excluding tert-OH is 1. The molecule has 0 spiro atoms. The van der Waals surface area contributed by atoms with E-state index in [9.17, 15) is 22.7 Å². The Labute approximate surface area is 90.7 Å². The van der Waals surface area contributed by atoms with Crippen molar-refractivity contribution in [2.45, 2.75) is 32.0 Å². The van der Waals surface area contributed by atoms with Crippen LogP contribution in [0.25, 0.3) is 0 Å². The van der Waals surface area contributed by atoms with E-state index in [0.29, 0.717) is 5.56 Å². The Bertz CT molecular complexity index is 339. The fourth-order valence-corrected chi connectivity index (χ4v) is 1.42. The summed E-state index contributed by atoms with van der Waals surface area (Å²) in [6.45, 7) is 1.61. The molecule has 0 saturated carbocycles. The summed E-state index contributed by atoms with van der Waals surface area (Å²) in [7, 11) is 0. The summed E-state index contributed by atoms with van der Waals surface area (Å²) in [6.07, 6.45) is -7.12. The van der Waals surface area contributed by atoms with Gasteiger partial charge in [0, 0.05) is 6.42 Å². The van der Waals surface area contributed by atoms with E-state index in [4.69, 9.17) is 0 Å². The number of hydrogen-bond acceptors (Lipinski definition) is 1. The van der Waals surface area contributed by atoms with E-state index >= 15 is 0 Å². The Morgan fingerprint density at radius 2 is 1.88 bits per heavy atom. The van der Waals surface area contributed by atoms with Crippen molar-refractivity contribution in [1.82, 2.24) is 0 Å². The normalized spacial score (nSPS) is 13.9. The van der Waals surface area contributed by atoms with Crippen LogP contribution in [-0.2, 0) is 0 Å². The smallest absolute Gasteiger partial charge is 0.388 e. The van der Waals surface area contributed by atoms with Gasteiger partial charge in [0.1, 0.15) is 5.82 Å². The largest absolute Gasteiger partial charge is 0.389 e. The van der Waals surface area contributed by atoms with Crippen molar-refractivity contribution in [2.75, 3.05) is 0 Å². The number of aryl methyl sites for hydroxylation is 1. The molecule has 1 N–H and O–H groups in total. The molecule has 0 saturated heterocycles. The maximum Gasteiger partial charge on any atom is 0.389 e. The molecule has 0 fully saturated rings. The van der Waals surface area contributed by atoms with E-state index in [1.165, 1.54) is 12.1 Å². The summed E-state index contributed by atoms with van der Waals surface area (Å²) in [6, 6.07) is 3.78. The average molecular weight is 236 g/mol. The zero-order chi connectivity index (χ0) is 12.3. The fourth-order valence-electron chi connectivity index (χ4n) is 1.42. The van der Waals surface area contributed by atoms with Gasteiger partial charge < -0.3 is 5.11 Å². The molecular weight excluding hydrogens is 224 g/mol. The number of aliphatic hydroxyl groups is 1. The van der Waals surface area contributed by atoms with Crippen LogP contribution < -0.4 is 0 Å². The minimum Gasteiger partial charge on any atom is -0.388 e. The minimum absolute atomic E-state index is 0.182. The highest BCUT2D eigenvalue weighted by molar-refractivity contribution is 5.25. The molecule has 0 aliphatic carbocycles. The van der Waals surface area contributed by atoms with Crippen molar-refractivity contribution in [3.05, 3.63) is 35.1 Å². The van der Waals surface area contributed by atoms with E-state index in [1.54, 1.807) is 6.92 Å². The first-order valence-electron chi connectivity index (χ1n) is 4.80. The molecule has 0 aromatic heterocycles. The molecule has 0 aliphatic heterocycles. The van der Waals surface area contributed by atoms with Crippen molar-refractivity contribution in [2.24, 2.45) is 0 Å². The second-order valence-electron chi connectivity index (χ2n) is 3.73. The molecule has 0 amide bonds. The van der Waals surface area contributed by atoms with Gasteiger partial charge in [-0.05, 0) is 36.6 Å². The maximum absolute atomic E-state index is 12.9. The average Bonchev–Trinajstić information content (AvgIpc) is 2.11. The molecule has 0 aliphatic rings. The van der Waals surface area contributed by atoms with E-state index in [1.807, 2.05) is 0 Å². The zero-order valence-electron chi connectivity index (χ0n) is 8.68.